The van der Waals surface area contributed by atoms with E-state index in [0.717, 1.165) is 5.69 Å². The van der Waals surface area contributed by atoms with Crippen LogP contribution in [0.15, 0.2) is 42.7 Å². The van der Waals surface area contributed by atoms with E-state index >= 15 is 0 Å². The number of nitrogens with zero attached hydrogens (tertiary/aromatic N) is 3. The highest BCUT2D eigenvalue weighted by Crippen LogP contribution is 2.13. The minimum Gasteiger partial charge on any atom is -0.325 e. The number of nitrogens with one attached hydrogen (secondary N) is 1. The molecule has 0 aliphatic carbocycles. The van der Waals surface area contributed by atoms with Gasteiger partial charge >= 0.3 is 0 Å². The van der Waals surface area contributed by atoms with Crippen LogP contribution in [0.25, 0.3) is 5.69 Å². The van der Waals surface area contributed by atoms with Crippen LogP contribution in [0.4, 0.5) is 5.69 Å². The number of carbonyl (C=O) groups is 1. The molecule has 0 aliphatic heterocycles. The standard InChI is InChI=1S/C12H10N4O/c13-6-5-12(17)15-10-3-1-4-11(9-10)16-8-2-7-14-16/h1-4,7-9H,5H2,(H,15,17). The summed E-state index contributed by atoms with van der Waals surface area (Å²) in [6.45, 7) is 0. The van der Waals surface area contributed by atoms with E-state index < -0.39 is 0 Å². The van der Waals surface area contributed by atoms with Gasteiger partial charge in [-0.15, -0.1) is 0 Å². The number of hydrogen-bond acceptors (Lipinski definition) is 3. The molecule has 1 heterocycles. The van der Waals surface area contributed by atoms with Gasteiger partial charge in [-0.25, -0.2) is 4.68 Å². The predicted octanol–water partition coefficient (Wildman–Crippen LogP) is 1.72. The molecule has 0 unspecified atom stereocenters. The lowest BCUT2D eigenvalue weighted by atomic mass is 10.2. The van der Waals surface area contributed by atoms with Crippen LogP contribution < -0.4 is 5.32 Å². The molecule has 5 nitrogen and oxygen atoms in total. The Morgan fingerprint density at radius 1 is 1.47 bits per heavy atom. The molecule has 0 aliphatic rings. The number of nitriles is 1. The second-order valence-corrected chi connectivity index (χ2v) is 3.38. The number of benzene rings is 1. The van der Waals surface area contributed by atoms with Gasteiger partial charge in [-0.1, -0.05) is 6.07 Å². The van der Waals surface area contributed by atoms with Crippen molar-refractivity contribution >= 4 is 11.6 Å². The fourth-order valence-electron chi connectivity index (χ4n) is 1.42. The molecule has 1 amide bonds. The molecule has 0 atom stereocenters. The van der Waals surface area contributed by atoms with Crippen LogP contribution in [0.5, 0.6) is 0 Å². The fourth-order valence-corrected chi connectivity index (χ4v) is 1.42. The SMILES string of the molecule is N#CCC(=O)Nc1cccc(-n2cccn2)c1. The maximum Gasteiger partial charge on any atom is 0.238 e. The zero-order valence-electron chi connectivity index (χ0n) is 9.00. The van der Waals surface area contributed by atoms with Crippen LogP contribution in [0.1, 0.15) is 6.42 Å². The lowest BCUT2D eigenvalue weighted by molar-refractivity contribution is -0.115. The molecule has 1 N–H and O–H groups in total. The Morgan fingerprint density at radius 3 is 3.06 bits per heavy atom. The van der Waals surface area contributed by atoms with E-state index in [1.165, 1.54) is 0 Å². The van der Waals surface area contributed by atoms with E-state index in [-0.39, 0.29) is 12.3 Å². The minimum atomic E-state index is -0.315. The van der Waals surface area contributed by atoms with Crippen molar-refractivity contribution in [1.29, 1.82) is 5.26 Å². The van der Waals surface area contributed by atoms with Crippen molar-refractivity contribution < 1.29 is 4.79 Å². The van der Waals surface area contributed by atoms with Crippen LogP contribution in [0.3, 0.4) is 0 Å². The Bertz CT molecular complexity index is 554. The third-order valence-electron chi connectivity index (χ3n) is 2.14. The molecule has 0 saturated carbocycles. The maximum atomic E-state index is 11.3. The lowest BCUT2D eigenvalue weighted by Crippen LogP contribution is -2.10. The van der Waals surface area contributed by atoms with Gasteiger partial charge in [0, 0.05) is 18.1 Å². The molecule has 2 aromatic rings. The zero-order chi connectivity index (χ0) is 12.1. The monoisotopic (exact) mass is 226 g/mol. The normalized spacial score (nSPS) is 9.59. The van der Waals surface area contributed by atoms with Crippen LogP contribution >= 0.6 is 0 Å². The molecular weight excluding hydrogens is 216 g/mol. The number of rotatable bonds is 3. The predicted molar refractivity (Wildman–Crippen MR) is 62.4 cm³/mol. The molecule has 0 spiro atoms. The number of aromatic nitrogens is 2. The van der Waals surface area contributed by atoms with E-state index in [2.05, 4.69) is 10.4 Å². The van der Waals surface area contributed by atoms with Crippen molar-refractivity contribution in [3.05, 3.63) is 42.7 Å². The van der Waals surface area contributed by atoms with Gasteiger partial charge in [0.25, 0.3) is 0 Å². The molecule has 0 bridgehead atoms. The van der Waals surface area contributed by atoms with Crippen molar-refractivity contribution in [3.8, 4) is 11.8 Å². The molecule has 0 fully saturated rings. The quantitative estimate of drug-likeness (QED) is 0.866. The third-order valence-corrected chi connectivity index (χ3v) is 2.14. The van der Waals surface area contributed by atoms with Crippen molar-refractivity contribution in [1.82, 2.24) is 9.78 Å². The Kier molecular flexibility index (Phi) is 3.17. The van der Waals surface area contributed by atoms with Gasteiger partial charge in [0.05, 0.1) is 11.8 Å². The van der Waals surface area contributed by atoms with Crippen LogP contribution in [-0.2, 0) is 4.79 Å². The second kappa shape index (κ2) is 4.94. The summed E-state index contributed by atoms with van der Waals surface area (Å²) in [5, 5.41) is 15.1. The highest BCUT2D eigenvalue weighted by atomic mass is 16.1. The van der Waals surface area contributed by atoms with Gasteiger partial charge in [-0.3, -0.25) is 4.79 Å². The lowest BCUT2D eigenvalue weighted by Gasteiger charge is -2.05. The second-order valence-electron chi connectivity index (χ2n) is 3.38. The van der Waals surface area contributed by atoms with Crippen molar-refractivity contribution in [2.45, 2.75) is 6.42 Å². The molecule has 17 heavy (non-hydrogen) atoms. The number of amides is 1. The largest absolute Gasteiger partial charge is 0.325 e. The molecule has 84 valence electrons. The molecule has 2 rings (SSSR count). The Labute approximate surface area is 98.3 Å². The van der Waals surface area contributed by atoms with E-state index in [1.807, 2.05) is 24.4 Å². The highest BCUT2D eigenvalue weighted by molar-refractivity contribution is 5.92. The Morgan fingerprint density at radius 2 is 2.35 bits per heavy atom. The van der Waals surface area contributed by atoms with E-state index in [4.69, 9.17) is 5.26 Å². The maximum absolute atomic E-state index is 11.3. The van der Waals surface area contributed by atoms with Crippen molar-refractivity contribution in [2.24, 2.45) is 0 Å². The van der Waals surface area contributed by atoms with Crippen molar-refractivity contribution in [3.63, 3.8) is 0 Å². The third kappa shape index (κ3) is 2.69. The van der Waals surface area contributed by atoms with Gasteiger partial charge in [0.15, 0.2) is 0 Å². The molecule has 1 aromatic carbocycles. The van der Waals surface area contributed by atoms with Gasteiger partial charge in [0.1, 0.15) is 6.42 Å². The highest BCUT2D eigenvalue weighted by Gasteiger charge is 2.02. The zero-order valence-corrected chi connectivity index (χ0v) is 9.00. The summed E-state index contributed by atoms with van der Waals surface area (Å²) >= 11 is 0. The van der Waals surface area contributed by atoms with Gasteiger partial charge in [0.2, 0.25) is 5.91 Å². The summed E-state index contributed by atoms with van der Waals surface area (Å²) in [4.78, 5) is 11.3. The molecule has 5 heteroatoms. The van der Waals surface area contributed by atoms with Crippen LogP contribution in [0.2, 0.25) is 0 Å². The minimum absolute atomic E-state index is 0.147. The van der Waals surface area contributed by atoms with E-state index in [1.54, 1.807) is 29.1 Å². The summed E-state index contributed by atoms with van der Waals surface area (Å²) in [6, 6.07) is 10.9. The molecule has 0 radical (unpaired) electrons. The Balaban J connectivity index is 2.18. The summed E-state index contributed by atoms with van der Waals surface area (Å²) < 4.78 is 1.69. The first-order valence-electron chi connectivity index (χ1n) is 5.06. The molecule has 1 aromatic heterocycles. The van der Waals surface area contributed by atoms with Crippen LogP contribution in [-0.4, -0.2) is 15.7 Å². The van der Waals surface area contributed by atoms with Crippen molar-refractivity contribution in [2.75, 3.05) is 5.32 Å². The summed E-state index contributed by atoms with van der Waals surface area (Å²) in [7, 11) is 0. The van der Waals surface area contributed by atoms with Crippen LogP contribution in [0, 0.1) is 11.3 Å². The number of anilines is 1. The van der Waals surface area contributed by atoms with E-state index in [0.29, 0.717) is 5.69 Å². The molecular formula is C12H10N4O. The average molecular weight is 226 g/mol. The summed E-state index contributed by atoms with van der Waals surface area (Å²) in [6.07, 6.45) is 3.35. The van der Waals surface area contributed by atoms with E-state index in [9.17, 15) is 4.79 Å². The number of hydrogen-bond donors (Lipinski definition) is 1. The fraction of sp³-hybridized carbons (Fsp3) is 0.0833. The summed E-state index contributed by atoms with van der Waals surface area (Å²) in [5.41, 5.74) is 1.50. The number of carbonyl (C=O) groups excluding carboxylic acids is 1. The van der Waals surface area contributed by atoms with Gasteiger partial charge in [-0.2, -0.15) is 10.4 Å². The first kappa shape index (κ1) is 10.9. The summed E-state index contributed by atoms with van der Waals surface area (Å²) in [5.74, 6) is -0.315. The first-order valence-corrected chi connectivity index (χ1v) is 5.06. The van der Waals surface area contributed by atoms with Gasteiger partial charge in [-0.05, 0) is 24.3 Å². The smallest absolute Gasteiger partial charge is 0.238 e. The topological polar surface area (TPSA) is 70.7 Å². The first-order chi connectivity index (χ1) is 8.29. The Hall–Kier alpha value is -2.61. The van der Waals surface area contributed by atoms with Gasteiger partial charge < -0.3 is 5.32 Å². The average Bonchev–Trinajstić information content (AvgIpc) is 2.83. The molecule has 0 saturated heterocycles.